The summed E-state index contributed by atoms with van der Waals surface area (Å²) in [6.07, 6.45) is 1.98. The number of halogens is 1. The number of nitrogens with one attached hydrogen (secondary N) is 2. The SMILES string of the molecule is O=c1[nH]nc(C2CCNCC2)n1-c1cccc(Cl)c1. The summed E-state index contributed by atoms with van der Waals surface area (Å²) in [6.45, 7) is 1.92. The second kappa shape index (κ2) is 5.19. The molecule has 2 aromatic rings. The van der Waals surface area contributed by atoms with E-state index in [0.29, 0.717) is 10.9 Å². The van der Waals surface area contributed by atoms with Gasteiger partial charge in [-0.2, -0.15) is 5.10 Å². The largest absolute Gasteiger partial charge is 0.347 e. The Labute approximate surface area is 115 Å². The molecule has 0 amide bonds. The summed E-state index contributed by atoms with van der Waals surface area (Å²) in [5.74, 6) is 1.10. The molecule has 1 saturated heterocycles. The number of nitrogens with zero attached hydrogens (tertiary/aromatic N) is 2. The van der Waals surface area contributed by atoms with Gasteiger partial charge in [0.1, 0.15) is 5.82 Å². The van der Waals surface area contributed by atoms with Crippen molar-refractivity contribution >= 4 is 11.6 Å². The number of aromatic amines is 1. The van der Waals surface area contributed by atoms with E-state index in [-0.39, 0.29) is 5.69 Å². The fraction of sp³-hybridized carbons (Fsp3) is 0.385. The van der Waals surface area contributed by atoms with Gasteiger partial charge < -0.3 is 5.32 Å². The minimum Gasteiger partial charge on any atom is -0.317 e. The van der Waals surface area contributed by atoms with E-state index < -0.39 is 0 Å². The van der Waals surface area contributed by atoms with E-state index in [4.69, 9.17) is 11.6 Å². The van der Waals surface area contributed by atoms with Gasteiger partial charge in [0.25, 0.3) is 0 Å². The molecule has 0 unspecified atom stereocenters. The Kier molecular flexibility index (Phi) is 3.40. The number of piperidine rings is 1. The van der Waals surface area contributed by atoms with E-state index in [1.54, 1.807) is 16.7 Å². The topological polar surface area (TPSA) is 62.7 Å². The molecule has 0 aliphatic carbocycles. The van der Waals surface area contributed by atoms with E-state index in [1.807, 2.05) is 12.1 Å². The number of hydrogen-bond donors (Lipinski definition) is 2. The van der Waals surface area contributed by atoms with Gasteiger partial charge in [-0.05, 0) is 44.1 Å². The van der Waals surface area contributed by atoms with Gasteiger partial charge in [0.2, 0.25) is 0 Å². The van der Waals surface area contributed by atoms with Crippen LogP contribution < -0.4 is 11.0 Å². The Morgan fingerprint density at radius 2 is 2.11 bits per heavy atom. The van der Waals surface area contributed by atoms with Gasteiger partial charge in [-0.1, -0.05) is 17.7 Å². The van der Waals surface area contributed by atoms with Gasteiger partial charge in [-0.25, -0.2) is 14.5 Å². The molecule has 0 atom stereocenters. The zero-order valence-electron chi connectivity index (χ0n) is 10.4. The monoisotopic (exact) mass is 278 g/mol. The van der Waals surface area contributed by atoms with Gasteiger partial charge in [0, 0.05) is 10.9 Å². The lowest BCUT2D eigenvalue weighted by molar-refractivity contribution is 0.440. The van der Waals surface area contributed by atoms with Crippen LogP contribution >= 0.6 is 11.6 Å². The summed E-state index contributed by atoms with van der Waals surface area (Å²) in [6, 6.07) is 7.28. The first kappa shape index (κ1) is 12.4. The molecule has 3 rings (SSSR count). The van der Waals surface area contributed by atoms with Crippen molar-refractivity contribution in [1.82, 2.24) is 20.1 Å². The number of hydrogen-bond acceptors (Lipinski definition) is 3. The minimum absolute atomic E-state index is 0.212. The average Bonchev–Trinajstić information content (AvgIpc) is 2.82. The van der Waals surface area contributed by atoms with Crippen LogP contribution in [0.4, 0.5) is 0 Å². The van der Waals surface area contributed by atoms with E-state index in [2.05, 4.69) is 15.5 Å². The third-order valence-corrected chi connectivity index (χ3v) is 3.70. The maximum atomic E-state index is 12.0. The fourth-order valence-corrected chi connectivity index (χ4v) is 2.71. The molecule has 0 spiro atoms. The molecule has 19 heavy (non-hydrogen) atoms. The Morgan fingerprint density at radius 3 is 2.84 bits per heavy atom. The molecule has 2 heterocycles. The zero-order chi connectivity index (χ0) is 13.2. The number of benzene rings is 1. The Bertz CT molecular complexity index is 628. The second-order valence-electron chi connectivity index (χ2n) is 4.73. The molecule has 0 bridgehead atoms. The number of aromatic nitrogens is 3. The van der Waals surface area contributed by atoms with Crippen LogP contribution in [0.15, 0.2) is 29.1 Å². The second-order valence-corrected chi connectivity index (χ2v) is 5.16. The molecule has 1 aliphatic heterocycles. The molecule has 6 heteroatoms. The van der Waals surface area contributed by atoms with E-state index in [9.17, 15) is 4.79 Å². The Hall–Kier alpha value is -1.59. The molecule has 1 fully saturated rings. The van der Waals surface area contributed by atoms with Crippen LogP contribution in [0, 0.1) is 0 Å². The lowest BCUT2D eigenvalue weighted by Gasteiger charge is -2.22. The minimum atomic E-state index is -0.212. The van der Waals surface area contributed by atoms with Crippen molar-refractivity contribution in [3.8, 4) is 5.69 Å². The summed E-state index contributed by atoms with van der Waals surface area (Å²) in [7, 11) is 0. The fourth-order valence-electron chi connectivity index (χ4n) is 2.53. The third kappa shape index (κ3) is 2.43. The lowest BCUT2D eigenvalue weighted by Crippen LogP contribution is -2.29. The van der Waals surface area contributed by atoms with E-state index in [0.717, 1.165) is 37.4 Å². The number of rotatable bonds is 2. The predicted octanol–water partition coefficient (Wildman–Crippen LogP) is 1.68. The van der Waals surface area contributed by atoms with Crippen molar-refractivity contribution in [1.29, 1.82) is 0 Å². The Balaban J connectivity index is 2.05. The molecular formula is C13H15ClN4O. The van der Waals surface area contributed by atoms with Crippen molar-refractivity contribution in [2.45, 2.75) is 18.8 Å². The number of H-pyrrole nitrogens is 1. The van der Waals surface area contributed by atoms with Gasteiger partial charge >= 0.3 is 5.69 Å². The quantitative estimate of drug-likeness (QED) is 0.879. The van der Waals surface area contributed by atoms with E-state index >= 15 is 0 Å². The summed E-state index contributed by atoms with van der Waals surface area (Å²) in [4.78, 5) is 12.0. The highest BCUT2D eigenvalue weighted by atomic mass is 35.5. The first-order valence-corrected chi connectivity index (χ1v) is 6.77. The van der Waals surface area contributed by atoms with Crippen LogP contribution in [0.25, 0.3) is 5.69 Å². The molecule has 1 aliphatic rings. The molecule has 2 N–H and O–H groups in total. The van der Waals surface area contributed by atoms with Gasteiger partial charge in [-0.3, -0.25) is 0 Å². The molecule has 1 aromatic carbocycles. The highest BCUT2D eigenvalue weighted by molar-refractivity contribution is 6.30. The van der Waals surface area contributed by atoms with Gasteiger partial charge in [0.05, 0.1) is 5.69 Å². The summed E-state index contributed by atoms with van der Waals surface area (Å²) >= 11 is 6.00. The van der Waals surface area contributed by atoms with Crippen LogP contribution in [0.5, 0.6) is 0 Å². The first-order valence-electron chi connectivity index (χ1n) is 6.39. The molecule has 1 aromatic heterocycles. The smallest absolute Gasteiger partial charge is 0.317 e. The standard InChI is InChI=1S/C13H15ClN4O/c14-10-2-1-3-11(8-10)18-12(16-17-13(18)19)9-4-6-15-7-5-9/h1-3,8-9,15H,4-7H2,(H,17,19). The van der Waals surface area contributed by atoms with Gasteiger partial charge in [-0.15, -0.1) is 0 Å². The highest BCUT2D eigenvalue weighted by Gasteiger charge is 2.22. The molecule has 5 nitrogen and oxygen atoms in total. The van der Waals surface area contributed by atoms with Crippen molar-refractivity contribution < 1.29 is 0 Å². The summed E-state index contributed by atoms with van der Waals surface area (Å²) in [5.41, 5.74) is 0.551. The third-order valence-electron chi connectivity index (χ3n) is 3.47. The molecule has 100 valence electrons. The van der Waals surface area contributed by atoms with E-state index in [1.165, 1.54) is 0 Å². The van der Waals surface area contributed by atoms with Crippen LogP contribution in [0.2, 0.25) is 5.02 Å². The molecule has 0 saturated carbocycles. The van der Waals surface area contributed by atoms with Crippen molar-refractivity contribution in [3.63, 3.8) is 0 Å². The summed E-state index contributed by atoms with van der Waals surface area (Å²) < 4.78 is 1.63. The molecule has 0 radical (unpaired) electrons. The summed E-state index contributed by atoms with van der Waals surface area (Å²) in [5, 5.41) is 10.7. The van der Waals surface area contributed by atoms with Crippen LogP contribution in [-0.4, -0.2) is 27.9 Å². The van der Waals surface area contributed by atoms with Crippen molar-refractivity contribution in [3.05, 3.63) is 45.6 Å². The molecular weight excluding hydrogens is 264 g/mol. The maximum absolute atomic E-state index is 12.0. The van der Waals surface area contributed by atoms with Crippen molar-refractivity contribution in [2.75, 3.05) is 13.1 Å². The lowest BCUT2D eigenvalue weighted by atomic mass is 9.97. The Morgan fingerprint density at radius 1 is 1.32 bits per heavy atom. The highest BCUT2D eigenvalue weighted by Crippen LogP contribution is 2.24. The maximum Gasteiger partial charge on any atom is 0.347 e. The normalized spacial score (nSPS) is 16.7. The van der Waals surface area contributed by atoms with Crippen LogP contribution in [0.1, 0.15) is 24.6 Å². The average molecular weight is 279 g/mol. The van der Waals surface area contributed by atoms with Gasteiger partial charge in [0.15, 0.2) is 0 Å². The zero-order valence-corrected chi connectivity index (χ0v) is 11.2. The van der Waals surface area contributed by atoms with Crippen LogP contribution in [0.3, 0.4) is 0 Å². The first-order chi connectivity index (χ1) is 9.25. The predicted molar refractivity (Wildman–Crippen MR) is 74.0 cm³/mol. The van der Waals surface area contributed by atoms with Crippen LogP contribution in [-0.2, 0) is 0 Å². The van der Waals surface area contributed by atoms with Crippen molar-refractivity contribution in [2.24, 2.45) is 0 Å².